The average Bonchev–Trinajstić information content (AvgIpc) is 1.86. The molecule has 2 N–H and O–H groups in total. The first-order valence-corrected chi connectivity index (χ1v) is 3.45. The molecule has 0 fully saturated rings. The Hall–Kier alpha value is -0.280. The third-order valence-electron chi connectivity index (χ3n) is 1.68. The Bertz CT molecular complexity index is 134. The van der Waals surface area contributed by atoms with E-state index in [-0.39, 0.29) is 5.38 Å². The summed E-state index contributed by atoms with van der Waals surface area (Å²) in [5.41, 5.74) is 0.837. The van der Waals surface area contributed by atoms with Gasteiger partial charge in [0.1, 0.15) is 0 Å². The van der Waals surface area contributed by atoms with E-state index in [4.69, 9.17) is 16.8 Å². The monoisotopic (exact) mass is 165 g/mol. The largest absolute Gasteiger partial charge is 0.289 e. The maximum Gasteiger partial charge on any atom is 0.250 e. The zero-order valence-electron chi connectivity index (χ0n) is 6.31. The number of nitrogens with one attached hydrogen (secondary N) is 1. The fourth-order valence-corrected chi connectivity index (χ4v) is 0.424. The second-order valence-electron chi connectivity index (χ2n) is 2.78. The van der Waals surface area contributed by atoms with Crippen LogP contribution in [0.15, 0.2) is 0 Å². The second kappa shape index (κ2) is 3.21. The smallest absolute Gasteiger partial charge is 0.250 e. The van der Waals surface area contributed by atoms with Crippen molar-refractivity contribution in [3.63, 3.8) is 0 Å². The highest BCUT2D eigenvalue weighted by Gasteiger charge is 2.32. The number of amides is 1. The molecule has 0 heterocycles. The summed E-state index contributed by atoms with van der Waals surface area (Å²) in [7, 11) is 0. The molecule has 0 aromatic heterocycles. The molecule has 0 aliphatic heterocycles. The van der Waals surface area contributed by atoms with Gasteiger partial charge >= 0.3 is 0 Å². The highest BCUT2D eigenvalue weighted by atomic mass is 35.5. The molecule has 0 radical (unpaired) electrons. The van der Waals surface area contributed by atoms with Crippen molar-refractivity contribution < 1.29 is 10.0 Å². The molecule has 0 saturated heterocycles. The van der Waals surface area contributed by atoms with E-state index in [1.54, 1.807) is 26.3 Å². The Morgan fingerprint density at radius 1 is 1.70 bits per heavy atom. The maximum absolute atomic E-state index is 10.8. The molecular weight excluding hydrogens is 154 g/mol. The molecule has 4 heteroatoms. The van der Waals surface area contributed by atoms with Crippen molar-refractivity contribution in [2.75, 3.05) is 0 Å². The zero-order valence-corrected chi connectivity index (χ0v) is 7.07. The summed E-state index contributed by atoms with van der Waals surface area (Å²) in [4.78, 5) is 10.8. The van der Waals surface area contributed by atoms with E-state index >= 15 is 0 Å². The van der Waals surface area contributed by atoms with Crippen LogP contribution in [-0.2, 0) is 4.79 Å². The van der Waals surface area contributed by atoms with Gasteiger partial charge in [0.15, 0.2) is 0 Å². The lowest BCUT2D eigenvalue weighted by atomic mass is 9.89. The lowest BCUT2D eigenvalue weighted by Crippen LogP contribution is -2.40. The second-order valence-corrected chi connectivity index (χ2v) is 3.43. The minimum absolute atomic E-state index is 0.306. The van der Waals surface area contributed by atoms with Gasteiger partial charge in [0.05, 0.1) is 5.41 Å². The van der Waals surface area contributed by atoms with Crippen molar-refractivity contribution in [2.24, 2.45) is 5.41 Å². The normalized spacial score (nSPS) is 14.5. The molecule has 1 atom stereocenters. The van der Waals surface area contributed by atoms with Crippen LogP contribution in [0.3, 0.4) is 0 Å². The van der Waals surface area contributed by atoms with Crippen molar-refractivity contribution in [3.05, 3.63) is 0 Å². The van der Waals surface area contributed by atoms with E-state index in [0.29, 0.717) is 0 Å². The van der Waals surface area contributed by atoms with Crippen molar-refractivity contribution in [2.45, 2.75) is 26.1 Å². The van der Waals surface area contributed by atoms with Gasteiger partial charge in [0.25, 0.3) is 0 Å². The topological polar surface area (TPSA) is 49.3 Å². The van der Waals surface area contributed by atoms with Crippen molar-refractivity contribution in [3.8, 4) is 0 Å². The van der Waals surface area contributed by atoms with Gasteiger partial charge in [-0.2, -0.15) is 0 Å². The molecule has 0 aliphatic rings. The van der Waals surface area contributed by atoms with Gasteiger partial charge in [-0.1, -0.05) is 0 Å². The summed E-state index contributed by atoms with van der Waals surface area (Å²) >= 11 is 5.67. The molecule has 1 amide bonds. The van der Waals surface area contributed by atoms with E-state index in [0.717, 1.165) is 0 Å². The number of carbonyl (C=O) groups is 1. The van der Waals surface area contributed by atoms with Crippen molar-refractivity contribution >= 4 is 17.5 Å². The zero-order chi connectivity index (χ0) is 8.36. The van der Waals surface area contributed by atoms with Crippen LogP contribution in [0.1, 0.15) is 20.8 Å². The molecule has 10 heavy (non-hydrogen) atoms. The minimum Gasteiger partial charge on any atom is -0.289 e. The molecule has 0 aliphatic carbocycles. The lowest BCUT2D eigenvalue weighted by molar-refractivity contribution is -0.137. The quantitative estimate of drug-likeness (QED) is 0.366. The fourth-order valence-electron chi connectivity index (χ4n) is 0.325. The Balaban J connectivity index is 4.24. The summed E-state index contributed by atoms with van der Waals surface area (Å²) in [6, 6.07) is 0. The molecule has 0 rings (SSSR count). The number of hydrogen-bond donors (Lipinski definition) is 2. The molecule has 0 bridgehead atoms. The Morgan fingerprint density at radius 3 is 2.20 bits per heavy atom. The minimum atomic E-state index is -0.726. The number of hydrogen-bond acceptors (Lipinski definition) is 2. The third-order valence-corrected chi connectivity index (χ3v) is 2.23. The van der Waals surface area contributed by atoms with E-state index in [2.05, 4.69) is 0 Å². The van der Waals surface area contributed by atoms with Crippen LogP contribution in [0.25, 0.3) is 0 Å². The predicted molar refractivity (Wildman–Crippen MR) is 39.0 cm³/mol. The van der Waals surface area contributed by atoms with Gasteiger partial charge in [-0.25, -0.2) is 5.48 Å². The molecule has 1 unspecified atom stereocenters. The van der Waals surface area contributed by atoms with E-state index in [1.165, 1.54) is 0 Å². The fraction of sp³-hybridized carbons (Fsp3) is 0.833. The van der Waals surface area contributed by atoms with Crippen LogP contribution in [0, 0.1) is 5.41 Å². The number of halogens is 1. The Kier molecular flexibility index (Phi) is 3.12. The molecule has 3 nitrogen and oxygen atoms in total. The summed E-state index contributed by atoms with van der Waals surface area (Å²) in [6.07, 6.45) is 0. The highest BCUT2D eigenvalue weighted by molar-refractivity contribution is 6.22. The average molecular weight is 166 g/mol. The van der Waals surface area contributed by atoms with Crippen LogP contribution in [0.2, 0.25) is 0 Å². The maximum atomic E-state index is 10.8. The third kappa shape index (κ3) is 1.85. The summed E-state index contributed by atoms with van der Waals surface area (Å²) in [5.74, 6) is -0.463. The van der Waals surface area contributed by atoms with Gasteiger partial charge < -0.3 is 0 Å². The van der Waals surface area contributed by atoms with Crippen LogP contribution in [-0.4, -0.2) is 16.5 Å². The number of alkyl halides is 1. The van der Waals surface area contributed by atoms with Gasteiger partial charge in [0.2, 0.25) is 5.91 Å². The van der Waals surface area contributed by atoms with Crippen LogP contribution in [0.5, 0.6) is 0 Å². The number of rotatable bonds is 2. The molecule has 0 spiro atoms. The van der Waals surface area contributed by atoms with E-state index < -0.39 is 11.3 Å². The van der Waals surface area contributed by atoms with Crippen molar-refractivity contribution in [1.29, 1.82) is 0 Å². The van der Waals surface area contributed by atoms with Crippen LogP contribution in [0.4, 0.5) is 0 Å². The SMILES string of the molecule is CC(Cl)C(C)(C)C(=O)NO. The molecule has 0 aromatic carbocycles. The van der Waals surface area contributed by atoms with Crippen LogP contribution < -0.4 is 5.48 Å². The van der Waals surface area contributed by atoms with E-state index in [9.17, 15) is 4.79 Å². The van der Waals surface area contributed by atoms with Crippen LogP contribution >= 0.6 is 11.6 Å². The molecule has 0 aromatic rings. The van der Waals surface area contributed by atoms with Gasteiger partial charge in [-0.3, -0.25) is 10.0 Å². The summed E-state index contributed by atoms with van der Waals surface area (Å²) in [5, 5.41) is 7.96. The van der Waals surface area contributed by atoms with Gasteiger partial charge in [0, 0.05) is 5.38 Å². The summed E-state index contributed by atoms with van der Waals surface area (Å²) in [6.45, 7) is 5.03. The molecule has 60 valence electrons. The first-order chi connectivity index (χ1) is 4.42. The van der Waals surface area contributed by atoms with Gasteiger partial charge in [-0.15, -0.1) is 11.6 Å². The van der Waals surface area contributed by atoms with Gasteiger partial charge in [-0.05, 0) is 20.8 Å². The number of hydroxylamine groups is 1. The first kappa shape index (κ1) is 9.72. The highest BCUT2D eigenvalue weighted by Crippen LogP contribution is 2.24. The summed E-state index contributed by atoms with van der Waals surface area (Å²) < 4.78 is 0. The predicted octanol–water partition coefficient (Wildman–Crippen LogP) is 1.15. The number of carbonyl (C=O) groups excluding carboxylic acids is 1. The standard InChI is InChI=1S/C6H12ClNO2/c1-4(7)6(2,3)5(9)8-10/h4,10H,1-3H3,(H,8,9). The lowest BCUT2D eigenvalue weighted by Gasteiger charge is -2.23. The Labute approximate surface area is 65.3 Å². The Morgan fingerprint density at radius 2 is 2.10 bits per heavy atom. The molecular formula is C6H12ClNO2. The van der Waals surface area contributed by atoms with Crippen molar-refractivity contribution in [1.82, 2.24) is 5.48 Å². The first-order valence-electron chi connectivity index (χ1n) is 3.01. The van der Waals surface area contributed by atoms with E-state index in [1.807, 2.05) is 0 Å². The molecule has 0 saturated carbocycles.